The Kier molecular flexibility index (Phi) is 3.86. The zero-order valence-electron chi connectivity index (χ0n) is 10.0. The highest BCUT2D eigenvalue weighted by Crippen LogP contribution is 2.27. The Morgan fingerprint density at radius 1 is 1.00 bits per heavy atom. The standard InChI is InChI=1S/C16H13BrO/c1-16(18,14-9-5-6-10-15(14)17)12-11-13-7-3-2-4-8-13/h2-10,18H,1H3/t16-/m1/s1. The second-order valence-electron chi connectivity index (χ2n) is 4.17. The van der Waals surface area contributed by atoms with E-state index >= 15 is 0 Å². The largest absolute Gasteiger partial charge is 0.374 e. The summed E-state index contributed by atoms with van der Waals surface area (Å²) in [4.78, 5) is 0. The van der Waals surface area contributed by atoms with Gasteiger partial charge in [-0.15, -0.1) is 0 Å². The van der Waals surface area contributed by atoms with Crippen molar-refractivity contribution in [2.75, 3.05) is 0 Å². The van der Waals surface area contributed by atoms with Crippen LogP contribution in [0.3, 0.4) is 0 Å². The van der Waals surface area contributed by atoms with Crippen LogP contribution in [-0.2, 0) is 5.60 Å². The van der Waals surface area contributed by atoms with Crippen LogP contribution in [0.5, 0.6) is 0 Å². The van der Waals surface area contributed by atoms with Gasteiger partial charge >= 0.3 is 0 Å². The molecule has 0 heterocycles. The Hall–Kier alpha value is -1.56. The Labute approximate surface area is 116 Å². The maximum Gasteiger partial charge on any atom is 0.149 e. The summed E-state index contributed by atoms with van der Waals surface area (Å²) in [7, 11) is 0. The fourth-order valence-corrected chi connectivity index (χ4v) is 2.31. The molecule has 0 unspecified atom stereocenters. The molecular weight excluding hydrogens is 288 g/mol. The minimum absolute atomic E-state index is 0.772. The average molecular weight is 301 g/mol. The second kappa shape index (κ2) is 5.39. The van der Waals surface area contributed by atoms with E-state index in [9.17, 15) is 5.11 Å². The molecule has 1 atom stereocenters. The highest BCUT2D eigenvalue weighted by atomic mass is 79.9. The summed E-state index contributed by atoms with van der Waals surface area (Å²) < 4.78 is 0.859. The molecule has 0 aliphatic carbocycles. The molecule has 18 heavy (non-hydrogen) atoms. The van der Waals surface area contributed by atoms with Crippen molar-refractivity contribution >= 4 is 15.9 Å². The van der Waals surface area contributed by atoms with Crippen LogP contribution in [0.25, 0.3) is 0 Å². The molecule has 90 valence electrons. The number of hydrogen-bond donors (Lipinski definition) is 1. The molecule has 0 fully saturated rings. The first-order valence-corrected chi connectivity index (χ1v) is 6.44. The van der Waals surface area contributed by atoms with Crippen LogP contribution in [0.1, 0.15) is 18.1 Å². The lowest BCUT2D eigenvalue weighted by molar-refractivity contribution is 0.121. The van der Waals surface area contributed by atoms with Crippen molar-refractivity contribution in [1.82, 2.24) is 0 Å². The zero-order chi connectivity index (χ0) is 13.0. The molecule has 2 heteroatoms. The number of hydrogen-bond acceptors (Lipinski definition) is 1. The summed E-state index contributed by atoms with van der Waals surface area (Å²) in [5.74, 6) is 5.90. The molecule has 0 aromatic heterocycles. The van der Waals surface area contributed by atoms with Crippen LogP contribution in [0, 0.1) is 11.8 Å². The molecule has 0 saturated heterocycles. The minimum Gasteiger partial charge on any atom is -0.374 e. The molecule has 0 radical (unpaired) electrons. The molecule has 2 aromatic rings. The Bertz CT molecular complexity index is 591. The number of halogens is 1. The van der Waals surface area contributed by atoms with Crippen LogP contribution >= 0.6 is 15.9 Å². The third-order valence-electron chi connectivity index (χ3n) is 2.62. The topological polar surface area (TPSA) is 20.2 Å². The average Bonchev–Trinajstić information content (AvgIpc) is 2.38. The smallest absolute Gasteiger partial charge is 0.149 e. The molecule has 0 saturated carbocycles. The van der Waals surface area contributed by atoms with E-state index in [4.69, 9.17) is 0 Å². The van der Waals surface area contributed by atoms with Crippen molar-refractivity contribution in [3.63, 3.8) is 0 Å². The molecule has 0 spiro atoms. The maximum absolute atomic E-state index is 10.4. The van der Waals surface area contributed by atoms with Crippen LogP contribution in [-0.4, -0.2) is 5.11 Å². The van der Waals surface area contributed by atoms with E-state index in [0.717, 1.165) is 15.6 Å². The van der Waals surface area contributed by atoms with E-state index in [1.165, 1.54) is 0 Å². The van der Waals surface area contributed by atoms with Gasteiger partial charge in [0.15, 0.2) is 0 Å². The fraction of sp³-hybridized carbons (Fsp3) is 0.125. The Morgan fingerprint density at radius 2 is 1.61 bits per heavy atom. The quantitative estimate of drug-likeness (QED) is 0.796. The summed E-state index contributed by atoms with van der Waals surface area (Å²) in [6.07, 6.45) is 0. The lowest BCUT2D eigenvalue weighted by Crippen LogP contribution is -2.19. The minimum atomic E-state index is -1.17. The van der Waals surface area contributed by atoms with Gasteiger partial charge in [0.2, 0.25) is 0 Å². The monoisotopic (exact) mass is 300 g/mol. The number of aliphatic hydroxyl groups is 1. The molecule has 0 aliphatic heterocycles. The normalized spacial score (nSPS) is 13.3. The van der Waals surface area contributed by atoms with Gasteiger partial charge in [-0.2, -0.15) is 0 Å². The van der Waals surface area contributed by atoms with Gasteiger partial charge < -0.3 is 5.11 Å². The van der Waals surface area contributed by atoms with Crippen LogP contribution in [0.4, 0.5) is 0 Å². The summed E-state index contributed by atoms with van der Waals surface area (Å²) in [5, 5.41) is 10.4. The predicted octanol–water partition coefficient (Wildman–Crippen LogP) is 3.71. The fourth-order valence-electron chi connectivity index (χ4n) is 1.64. The van der Waals surface area contributed by atoms with Gasteiger partial charge in [0.25, 0.3) is 0 Å². The maximum atomic E-state index is 10.4. The Morgan fingerprint density at radius 3 is 2.28 bits per heavy atom. The molecule has 1 N–H and O–H groups in total. The molecule has 0 bridgehead atoms. The van der Waals surface area contributed by atoms with Gasteiger partial charge in [0, 0.05) is 15.6 Å². The molecule has 2 rings (SSSR count). The predicted molar refractivity (Wildman–Crippen MR) is 77.0 cm³/mol. The molecule has 0 amide bonds. The van der Waals surface area contributed by atoms with E-state index in [1.54, 1.807) is 6.92 Å². The Balaban J connectivity index is 2.34. The highest BCUT2D eigenvalue weighted by Gasteiger charge is 2.22. The summed E-state index contributed by atoms with van der Waals surface area (Å²) in [5.41, 5.74) is 0.494. The van der Waals surface area contributed by atoms with Crippen molar-refractivity contribution < 1.29 is 5.11 Å². The second-order valence-corrected chi connectivity index (χ2v) is 5.02. The van der Waals surface area contributed by atoms with Gasteiger partial charge in [-0.25, -0.2) is 0 Å². The van der Waals surface area contributed by atoms with E-state index in [0.29, 0.717) is 0 Å². The molecule has 0 aliphatic rings. The van der Waals surface area contributed by atoms with Crippen molar-refractivity contribution in [3.05, 3.63) is 70.2 Å². The zero-order valence-corrected chi connectivity index (χ0v) is 11.6. The van der Waals surface area contributed by atoms with Crippen molar-refractivity contribution in [3.8, 4) is 11.8 Å². The van der Waals surface area contributed by atoms with Gasteiger partial charge in [0.1, 0.15) is 5.60 Å². The van der Waals surface area contributed by atoms with Gasteiger partial charge in [-0.3, -0.25) is 0 Å². The van der Waals surface area contributed by atoms with Gasteiger partial charge in [-0.1, -0.05) is 64.2 Å². The number of benzene rings is 2. The third kappa shape index (κ3) is 3.01. The SMILES string of the molecule is C[C@@](O)(C#Cc1ccccc1)c1ccccc1Br. The van der Waals surface area contributed by atoms with Crippen LogP contribution in [0.2, 0.25) is 0 Å². The van der Waals surface area contributed by atoms with E-state index in [-0.39, 0.29) is 0 Å². The first kappa shape index (κ1) is 12.9. The third-order valence-corrected chi connectivity index (χ3v) is 3.31. The van der Waals surface area contributed by atoms with Crippen molar-refractivity contribution in [2.24, 2.45) is 0 Å². The summed E-state index contributed by atoms with van der Waals surface area (Å²) >= 11 is 3.43. The molecule has 1 nitrogen and oxygen atoms in total. The van der Waals surface area contributed by atoms with E-state index in [2.05, 4.69) is 27.8 Å². The van der Waals surface area contributed by atoms with Crippen LogP contribution in [0.15, 0.2) is 59.1 Å². The first-order chi connectivity index (χ1) is 8.59. The van der Waals surface area contributed by atoms with Crippen molar-refractivity contribution in [2.45, 2.75) is 12.5 Å². The lowest BCUT2D eigenvalue weighted by atomic mass is 9.96. The van der Waals surface area contributed by atoms with E-state index in [1.807, 2.05) is 54.6 Å². The lowest BCUT2D eigenvalue weighted by Gasteiger charge is -2.18. The molecular formula is C16H13BrO. The summed E-state index contributed by atoms with van der Waals surface area (Å²) in [6, 6.07) is 17.2. The van der Waals surface area contributed by atoms with Gasteiger partial charge in [-0.05, 0) is 25.1 Å². The van der Waals surface area contributed by atoms with Crippen molar-refractivity contribution in [1.29, 1.82) is 0 Å². The van der Waals surface area contributed by atoms with Crippen LogP contribution < -0.4 is 0 Å². The first-order valence-electron chi connectivity index (χ1n) is 5.65. The summed E-state index contributed by atoms with van der Waals surface area (Å²) in [6.45, 7) is 1.70. The number of rotatable bonds is 1. The molecule has 2 aromatic carbocycles. The van der Waals surface area contributed by atoms with E-state index < -0.39 is 5.60 Å². The van der Waals surface area contributed by atoms with Gasteiger partial charge in [0.05, 0.1) is 0 Å². The highest BCUT2D eigenvalue weighted by molar-refractivity contribution is 9.10.